The fourth-order valence-corrected chi connectivity index (χ4v) is 3.45. The largest absolute Gasteiger partial charge is 0.486 e. The summed E-state index contributed by atoms with van der Waals surface area (Å²) in [6.45, 7) is 1.82. The fourth-order valence-electron chi connectivity index (χ4n) is 3.45. The maximum Gasteiger partial charge on any atom is 0.322 e. The minimum absolute atomic E-state index is 0.0178. The number of rotatable bonds is 2. The van der Waals surface area contributed by atoms with Gasteiger partial charge in [-0.05, 0) is 54.8 Å². The summed E-state index contributed by atoms with van der Waals surface area (Å²) in [7, 11) is 0. The standard InChI is InChI=1S/C20H19N3O3/c21-13-14-3-6-16(7-4-14)22-20(24)23-9-1-2-17(23)15-5-8-18-19(12-15)26-11-10-25-18/h3-8,12,17H,1-2,9-11H2,(H,22,24). The molecule has 1 unspecified atom stereocenters. The van der Waals surface area contributed by atoms with Crippen molar-refractivity contribution >= 4 is 11.7 Å². The number of fused-ring (bicyclic) bond motifs is 1. The van der Waals surface area contributed by atoms with Gasteiger partial charge in [-0.3, -0.25) is 0 Å². The van der Waals surface area contributed by atoms with E-state index in [2.05, 4.69) is 11.4 Å². The zero-order valence-corrected chi connectivity index (χ0v) is 14.3. The zero-order valence-electron chi connectivity index (χ0n) is 14.3. The van der Waals surface area contributed by atoms with Crippen LogP contribution in [0.2, 0.25) is 0 Å². The van der Waals surface area contributed by atoms with Crippen LogP contribution >= 0.6 is 0 Å². The predicted molar refractivity (Wildman–Crippen MR) is 96.3 cm³/mol. The van der Waals surface area contributed by atoms with E-state index in [0.29, 0.717) is 31.0 Å². The van der Waals surface area contributed by atoms with Crippen molar-refractivity contribution < 1.29 is 14.3 Å². The summed E-state index contributed by atoms with van der Waals surface area (Å²) in [5.74, 6) is 1.50. The van der Waals surface area contributed by atoms with Gasteiger partial charge in [-0.15, -0.1) is 0 Å². The number of urea groups is 1. The van der Waals surface area contributed by atoms with Crippen molar-refractivity contribution in [2.75, 3.05) is 25.1 Å². The van der Waals surface area contributed by atoms with E-state index in [-0.39, 0.29) is 12.1 Å². The molecular formula is C20H19N3O3. The second-order valence-electron chi connectivity index (χ2n) is 6.37. The quantitative estimate of drug-likeness (QED) is 0.897. The van der Waals surface area contributed by atoms with Crippen LogP contribution < -0.4 is 14.8 Å². The van der Waals surface area contributed by atoms with E-state index >= 15 is 0 Å². The van der Waals surface area contributed by atoms with Crippen molar-refractivity contribution in [2.24, 2.45) is 0 Å². The number of hydrogen-bond donors (Lipinski definition) is 1. The number of nitriles is 1. The number of carbonyl (C=O) groups excluding carboxylic acids is 1. The maximum absolute atomic E-state index is 12.7. The number of nitrogens with one attached hydrogen (secondary N) is 1. The summed E-state index contributed by atoms with van der Waals surface area (Å²) in [6.07, 6.45) is 1.88. The summed E-state index contributed by atoms with van der Waals surface area (Å²) in [5.41, 5.74) is 2.31. The highest BCUT2D eigenvalue weighted by atomic mass is 16.6. The molecule has 2 aromatic rings. The molecule has 0 spiro atoms. The Balaban J connectivity index is 1.50. The Morgan fingerprint density at radius 2 is 1.88 bits per heavy atom. The van der Waals surface area contributed by atoms with Crippen molar-refractivity contribution in [1.29, 1.82) is 5.26 Å². The van der Waals surface area contributed by atoms with Gasteiger partial charge >= 0.3 is 6.03 Å². The molecule has 1 N–H and O–H groups in total. The molecule has 132 valence electrons. The van der Waals surface area contributed by atoms with Crippen molar-refractivity contribution in [1.82, 2.24) is 4.90 Å². The van der Waals surface area contributed by atoms with Crippen LogP contribution in [0.1, 0.15) is 30.0 Å². The molecule has 2 aliphatic rings. The van der Waals surface area contributed by atoms with E-state index in [0.717, 1.165) is 29.9 Å². The summed E-state index contributed by atoms with van der Waals surface area (Å²) < 4.78 is 11.2. The molecule has 6 nitrogen and oxygen atoms in total. The summed E-state index contributed by atoms with van der Waals surface area (Å²) in [4.78, 5) is 14.6. The van der Waals surface area contributed by atoms with Crippen molar-refractivity contribution in [3.63, 3.8) is 0 Å². The Bertz CT molecular complexity index is 858. The number of hydrogen-bond acceptors (Lipinski definition) is 4. The second kappa shape index (κ2) is 6.96. The van der Waals surface area contributed by atoms with Crippen LogP contribution in [0.5, 0.6) is 11.5 Å². The number of likely N-dealkylation sites (tertiary alicyclic amines) is 1. The Labute approximate surface area is 151 Å². The third-order valence-electron chi connectivity index (χ3n) is 4.73. The lowest BCUT2D eigenvalue weighted by molar-refractivity contribution is 0.170. The van der Waals surface area contributed by atoms with Crippen LogP contribution in [0.3, 0.4) is 0 Å². The number of amides is 2. The van der Waals surface area contributed by atoms with Crippen LogP contribution in [0.4, 0.5) is 10.5 Å². The zero-order chi connectivity index (χ0) is 17.9. The van der Waals surface area contributed by atoms with Gasteiger partial charge in [0.15, 0.2) is 11.5 Å². The third kappa shape index (κ3) is 3.16. The number of benzene rings is 2. The molecule has 4 rings (SSSR count). The molecule has 1 fully saturated rings. The molecule has 2 amide bonds. The first-order valence-electron chi connectivity index (χ1n) is 8.72. The predicted octanol–water partition coefficient (Wildman–Crippen LogP) is 3.70. The summed E-state index contributed by atoms with van der Waals surface area (Å²) in [6, 6.07) is 14.7. The molecule has 2 aromatic carbocycles. The molecule has 6 heteroatoms. The summed E-state index contributed by atoms with van der Waals surface area (Å²) >= 11 is 0. The lowest BCUT2D eigenvalue weighted by atomic mass is 10.0. The number of ether oxygens (including phenoxy) is 2. The van der Waals surface area contributed by atoms with E-state index in [4.69, 9.17) is 14.7 Å². The number of anilines is 1. The average Bonchev–Trinajstić information content (AvgIpc) is 3.18. The topological polar surface area (TPSA) is 74.6 Å². The highest BCUT2D eigenvalue weighted by Gasteiger charge is 2.31. The van der Waals surface area contributed by atoms with Crippen LogP contribution in [-0.2, 0) is 0 Å². The Morgan fingerprint density at radius 1 is 1.12 bits per heavy atom. The lowest BCUT2D eigenvalue weighted by Crippen LogP contribution is -2.34. The van der Waals surface area contributed by atoms with Gasteiger partial charge in [-0.2, -0.15) is 5.26 Å². The molecule has 1 saturated heterocycles. The molecule has 1 atom stereocenters. The van der Waals surface area contributed by atoms with Crippen LogP contribution in [0.15, 0.2) is 42.5 Å². The minimum atomic E-state index is -0.132. The molecule has 0 bridgehead atoms. The Hall–Kier alpha value is -3.20. The first-order valence-corrected chi connectivity index (χ1v) is 8.72. The normalized spacial score (nSPS) is 18.3. The minimum Gasteiger partial charge on any atom is -0.486 e. The molecule has 0 radical (unpaired) electrons. The Morgan fingerprint density at radius 3 is 2.65 bits per heavy atom. The number of carbonyl (C=O) groups is 1. The first-order chi connectivity index (χ1) is 12.7. The van der Waals surface area contributed by atoms with Gasteiger partial charge in [0.05, 0.1) is 17.7 Å². The van der Waals surface area contributed by atoms with Gasteiger partial charge in [-0.25, -0.2) is 4.79 Å². The van der Waals surface area contributed by atoms with E-state index < -0.39 is 0 Å². The van der Waals surface area contributed by atoms with Crippen molar-refractivity contribution in [3.8, 4) is 17.6 Å². The van der Waals surface area contributed by atoms with Crippen LogP contribution in [0.25, 0.3) is 0 Å². The monoisotopic (exact) mass is 349 g/mol. The van der Waals surface area contributed by atoms with E-state index in [1.807, 2.05) is 23.1 Å². The average molecular weight is 349 g/mol. The molecule has 2 heterocycles. The molecule has 0 saturated carbocycles. The van der Waals surface area contributed by atoms with E-state index in [1.165, 1.54) is 0 Å². The summed E-state index contributed by atoms with van der Waals surface area (Å²) in [5, 5.41) is 11.8. The Kier molecular flexibility index (Phi) is 4.36. The molecule has 2 aliphatic heterocycles. The van der Waals surface area contributed by atoms with Gasteiger partial charge in [0, 0.05) is 12.2 Å². The highest BCUT2D eigenvalue weighted by molar-refractivity contribution is 5.89. The van der Waals surface area contributed by atoms with Gasteiger partial charge < -0.3 is 19.7 Å². The molecular weight excluding hydrogens is 330 g/mol. The molecule has 0 aliphatic carbocycles. The number of nitrogens with zero attached hydrogens (tertiary/aromatic N) is 2. The highest BCUT2D eigenvalue weighted by Crippen LogP contribution is 2.38. The van der Waals surface area contributed by atoms with E-state index in [1.54, 1.807) is 24.3 Å². The van der Waals surface area contributed by atoms with Gasteiger partial charge in [-0.1, -0.05) is 6.07 Å². The third-order valence-corrected chi connectivity index (χ3v) is 4.73. The van der Waals surface area contributed by atoms with E-state index in [9.17, 15) is 4.79 Å². The van der Waals surface area contributed by atoms with Gasteiger partial charge in [0.2, 0.25) is 0 Å². The second-order valence-corrected chi connectivity index (χ2v) is 6.37. The van der Waals surface area contributed by atoms with Crippen molar-refractivity contribution in [2.45, 2.75) is 18.9 Å². The fraction of sp³-hybridized carbons (Fsp3) is 0.300. The van der Waals surface area contributed by atoms with Crippen molar-refractivity contribution in [3.05, 3.63) is 53.6 Å². The molecule has 0 aromatic heterocycles. The lowest BCUT2D eigenvalue weighted by Gasteiger charge is -2.27. The SMILES string of the molecule is N#Cc1ccc(NC(=O)N2CCCC2c2ccc3c(c2)OCCO3)cc1. The van der Waals surface area contributed by atoms with Gasteiger partial charge in [0.25, 0.3) is 0 Å². The van der Waals surface area contributed by atoms with Gasteiger partial charge in [0.1, 0.15) is 13.2 Å². The molecule has 26 heavy (non-hydrogen) atoms. The smallest absolute Gasteiger partial charge is 0.322 e. The van der Waals surface area contributed by atoms with Crippen LogP contribution in [0, 0.1) is 11.3 Å². The van der Waals surface area contributed by atoms with Crippen LogP contribution in [-0.4, -0.2) is 30.7 Å². The maximum atomic E-state index is 12.7. The first kappa shape index (κ1) is 16.3.